The highest BCUT2D eigenvalue weighted by atomic mass is 19.1. The average Bonchev–Trinajstić information content (AvgIpc) is 2.86. The Labute approximate surface area is 147 Å². The zero-order chi connectivity index (χ0) is 18.2. The summed E-state index contributed by atoms with van der Waals surface area (Å²) in [6.07, 6.45) is 2.16. The van der Waals surface area contributed by atoms with Crippen molar-refractivity contribution in [3.63, 3.8) is 0 Å². The first-order valence-corrected chi connectivity index (χ1v) is 8.76. The summed E-state index contributed by atoms with van der Waals surface area (Å²) in [7, 11) is 0. The van der Waals surface area contributed by atoms with Crippen LogP contribution in [0.4, 0.5) is 9.18 Å². The van der Waals surface area contributed by atoms with Gasteiger partial charge in [0.2, 0.25) is 5.91 Å². The number of hydrogen-bond acceptors (Lipinski definition) is 3. The quantitative estimate of drug-likeness (QED) is 0.844. The van der Waals surface area contributed by atoms with E-state index < -0.39 is 23.3 Å². The van der Waals surface area contributed by atoms with E-state index in [0.29, 0.717) is 24.9 Å². The molecular formula is C19H25FN2O3. The Morgan fingerprint density at radius 3 is 2.72 bits per heavy atom. The lowest BCUT2D eigenvalue weighted by atomic mass is 9.76. The molecule has 2 aliphatic rings. The van der Waals surface area contributed by atoms with Gasteiger partial charge in [-0.25, -0.2) is 9.18 Å². The van der Waals surface area contributed by atoms with Crippen LogP contribution in [0.15, 0.2) is 24.3 Å². The Hall–Kier alpha value is -2.11. The van der Waals surface area contributed by atoms with E-state index in [2.05, 4.69) is 5.32 Å². The Morgan fingerprint density at radius 1 is 1.36 bits per heavy atom. The van der Waals surface area contributed by atoms with Crippen LogP contribution in [-0.2, 0) is 9.53 Å². The molecule has 3 rings (SSSR count). The smallest absolute Gasteiger partial charge is 0.410 e. The minimum Gasteiger partial charge on any atom is -0.444 e. The van der Waals surface area contributed by atoms with Gasteiger partial charge in [0.1, 0.15) is 11.4 Å². The molecular weight excluding hydrogens is 323 g/mol. The summed E-state index contributed by atoms with van der Waals surface area (Å²) in [5.41, 5.74) is -0.486. The molecule has 0 aromatic heterocycles. The van der Waals surface area contributed by atoms with E-state index in [4.69, 9.17) is 4.74 Å². The second-order valence-electron chi connectivity index (χ2n) is 7.94. The van der Waals surface area contributed by atoms with Crippen molar-refractivity contribution in [2.24, 2.45) is 0 Å². The van der Waals surface area contributed by atoms with Crippen molar-refractivity contribution in [3.05, 3.63) is 35.6 Å². The number of carbonyl (C=O) groups excluding carboxylic acids is 2. The van der Waals surface area contributed by atoms with Crippen molar-refractivity contribution < 1.29 is 18.7 Å². The van der Waals surface area contributed by atoms with Gasteiger partial charge in [0.15, 0.2) is 0 Å². The number of piperidine rings is 1. The van der Waals surface area contributed by atoms with Crippen molar-refractivity contribution in [2.75, 3.05) is 6.54 Å². The highest BCUT2D eigenvalue weighted by Crippen LogP contribution is 2.45. The van der Waals surface area contributed by atoms with Crippen LogP contribution in [0.3, 0.4) is 0 Å². The fraction of sp³-hybridized carbons (Fsp3) is 0.579. The van der Waals surface area contributed by atoms with E-state index in [9.17, 15) is 14.0 Å². The van der Waals surface area contributed by atoms with E-state index >= 15 is 0 Å². The number of nitrogens with zero attached hydrogens (tertiary/aromatic N) is 1. The van der Waals surface area contributed by atoms with Crippen molar-refractivity contribution in [1.29, 1.82) is 0 Å². The van der Waals surface area contributed by atoms with Crippen LogP contribution in [0.5, 0.6) is 0 Å². The lowest BCUT2D eigenvalue weighted by molar-refractivity contribution is -0.120. The average molecular weight is 348 g/mol. The molecule has 0 radical (unpaired) electrons. The molecule has 2 amide bonds. The molecule has 2 heterocycles. The molecule has 1 spiro atoms. The predicted molar refractivity (Wildman–Crippen MR) is 91.4 cm³/mol. The summed E-state index contributed by atoms with van der Waals surface area (Å²) >= 11 is 0. The number of halogens is 1. The van der Waals surface area contributed by atoms with Crippen LogP contribution < -0.4 is 5.32 Å². The number of nitrogens with one attached hydrogen (secondary N) is 1. The summed E-state index contributed by atoms with van der Waals surface area (Å²) in [6.45, 7) is 5.98. The Balaban J connectivity index is 2.01. The summed E-state index contributed by atoms with van der Waals surface area (Å²) in [4.78, 5) is 26.4. The SMILES string of the molecule is CC(C)(C)OC(=O)N1CCC[C@]2(CCC(=O)N2)[C@H]1c1cccc(F)c1. The Kier molecular flexibility index (Phi) is 4.47. The predicted octanol–water partition coefficient (Wildman–Crippen LogP) is 3.55. The highest BCUT2D eigenvalue weighted by molar-refractivity contribution is 5.80. The maximum atomic E-state index is 13.9. The van der Waals surface area contributed by atoms with Gasteiger partial charge in [-0.2, -0.15) is 0 Å². The van der Waals surface area contributed by atoms with Gasteiger partial charge in [-0.05, 0) is 57.7 Å². The topological polar surface area (TPSA) is 58.6 Å². The van der Waals surface area contributed by atoms with E-state index in [1.165, 1.54) is 12.1 Å². The van der Waals surface area contributed by atoms with Crippen LogP contribution in [0.1, 0.15) is 58.1 Å². The van der Waals surface area contributed by atoms with E-state index in [0.717, 1.165) is 12.8 Å². The van der Waals surface area contributed by atoms with Crippen LogP contribution in [0.2, 0.25) is 0 Å². The molecule has 1 aromatic rings. The molecule has 2 aliphatic heterocycles. The van der Waals surface area contributed by atoms with Gasteiger partial charge in [-0.1, -0.05) is 12.1 Å². The number of carbonyl (C=O) groups is 2. The lowest BCUT2D eigenvalue weighted by Gasteiger charge is -2.48. The normalized spacial score (nSPS) is 26.6. The van der Waals surface area contributed by atoms with Gasteiger partial charge < -0.3 is 10.1 Å². The highest BCUT2D eigenvalue weighted by Gasteiger charge is 2.51. The zero-order valence-corrected chi connectivity index (χ0v) is 15.0. The number of benzene rings is 1. The molecule has 2 atom stereocenters. The van der Waals surface area contributed by atoms with E-state index in [1.54, 1.807) is 11.0 Å². The van der Waals surface area contributed by atoms with Gasteiger partial charge in [-0.3, -0.25) is 9.69 Å². The molecule has 136 valence electrons. The molecule has 0 aliphatic carbocycles. The number of amides is 2. The van der Waals surface area contributed by atoms with E-state index in [1.807, 2.05) is 26.8 Å². The van der Waals surface area contributed by atoms with Gasteiger partial charge in [0.25, 0.3) is 0 Å². The molecule has 2 fully saturated rings. The van der Waals surface area contributed by atoms with Gasteiger partial charge in [-0.15, -0.1) is 0 Å². The van der Waals surface area contributed by atoms with Crippen LogP contribution in [0, 0.1) is 5.82 Å². The van der Waals surface area contributed by atoms with Crippen LogP contribution >= 0.6 is 0 Å². The lowest BCUT2D eigenvalue weighted by Crippen LogP contribution is -2.58. The summed E-state index contributed by atoms with van der Waals surface area (Å²) < 4.78 is 19.4. The number of rotatable bonds is 1. The van der Waals surface area contributed by atoms with Crippen LogP contribution in [-0.4, -0.2) is 34.6 Å². The summed E-state index contributed by atoms with van der Waals surface area (Å²) in [6, 6.07) is 5.83. The molecule has 25 heavy (non-hydrogen) atoms. The van der Waals surface area contributed by atoms with Gasteiger partial charge >= 0.3 is 6.09 Å². The Bertz CT molecular complexity index is 685. The number of ether oxygens (including phenoxy) is 1. The first kappa shape index (κ1) is 17.7. The fourth-order valence-corrected chi connectivity index (χ4v) is 3.95. The van der Waals surface area contributed by atoms with Gasteiger partial charge in [0.05, 0.1) is 11.6 Å². The maximum absolute atomic E-state index is 13.9. The molecule has 0 unspecified atom stereocenters. The second-order valence-corrected chi connectivity index (χ2v) is 7.94. The molecule has 5 nitrogen and oxygen atoms in total. The standard InChI is InChI=1S/C19H25FN2O3/c1-18(2,3)25-17(24)22-11-5-9-19(10-8-15(23)21-19)16(22)13-6-4-7-14(20)12-13/h4,6-7,12,16H,5,8-11H2,1-3H3,(H,21,23)/t16-,19+/m1/s1. The minimum atomic E-state index is -0.618. The number of likely N-dealkylation sites (tertiary alicyclic amines) is 1. The maximum Gasteiger partial charge on any atom is 0.410 e. The molecule has 0 bridgehead atoms. The third-order valence-electron chi connectivity index (χ3n) is 4.84. The molecule has 1 N–H and O–H groups in total. The van der Waals surface area contributed by atoms with Crippen molar-refractivity contribution in [2.45, 2.75) is 63.6 Å². The third kappa shape index (κ3) is 3.62. The van der Waals surface area contributed by atoms with Crippen molar-refractivity contribution in [3.8, 4) is 0 Å². The van der Waals surface area contributed by atoms with E-state index in [-0.39, 0.29) is 11.7 Å². The molecule has 2 saturated heterocycles. The van der Waals surface area contributed by atoms with Crippen molar-refractivity contribution in [1.82, 2.24) is 10.2 Å². The minimum absolute atomic E-state index is 0.0209. The fourth-order valence-electron chi connectivity index (χ4n) is 3.95. The van der Waals surface area contributed by atoms with Crippen molar-refractivity contribution >= 4 is 12.0 Å². The zero-order valence-electron chi connectivity index (χ0n) is 15.0. The Morgan fingerprint density at radius 2 is 2.12 bits per heavy atom. The first-order chi connectivity index (χ1) is 11.7. The third-order valence-corrected chi connectivity index (χ3v) is 4.84. The number of hydrogen-bond donors (Lipinski definition) is 1. The monoisotopic (exact) mass is 348 g/mol. The summed E-state index contributed by atoms with van der Waals surface area (Å²) in [5, 5.41) is 3.07. The second kappa shape index (κ2) is 6.32. The van der Waals surface area contributed by atoms with Crippen LogP contribution in [0.25, 0.3) is 0 Å². The summed E-state index contributed by atoms with van der Waals surface area (Å²) in [5.74, 6) is -0.376. The largest absolute Gasteiger partial charge is 0.444 e. The first-order valence-electron chi connectivity index (χ1n) is 8.76. The molecule has 6 heteroatoms. The molecule has 0 saturated carbocycles. The molecule has 1 aromatic carbocycles. The van der Waals surface area contributed by atoms with Gasteiger partial charge in [0, 0.05) is 13.0 Å².